The van der Waals surface area contributed by atoms with Crippen LogP contribution in [0.5, 0.6) is 0 Å². The Morgan fingerprint density at radius 2 is 1.90 bits per heavy atom. The largest absolute Gasteiger partial charge is 0.453 e. The highest BCUT2D eigenvalue weighted by molar-refractivity contribution is 7.99. The summed E-state index contributed by atoms with van der Waals surface area (Å²) in [7, 11) is 0. The van der Waals surface area contributed by atoms with Gasteiger partial charge in [-0.05, 0) is 23.8 Å². The molecule has 4 rings (SSSR count). The van der Waals surface area contributed by atoms with Crippen LogP contribution >= 0.6 is 11.8 Å². The van der Waals surface area contributed by atoms with Gasteiger partial charge in [-0.3, -0.25) is 4.79 Å². The van der Waals surface area contributed by atoms with Crippen LogP contribution in [0.4, 0.5) is 0 Å². The van der Waals surface area contributed by atoms with E-state index in [2.05, 4.69) is 6.07 Å². The Morgan fingerprint density at radius 3 is 2.80 bits per heavy atom. The standard InChI is InChI=1S/C17H12O2S/c18-17(13-10-20-16-8-4-2-6-12(13)16)15-9-11-5-1-3-7-14(11)19-15/h1-9,13H,10H2. The molecule has 0 spiro atoms. The molecule has 1 aromatic heterocycles. The monoisotopic (exact) mass is 280 g/mol. The zero-order valence-corrected chi connectivity index (χ0v) is 11.5. The molecule has 0 amide bonds. The number of ketones is 1. The Labute approximate surface area is 120 Å². The van der Waals surface area contributed by atoms with Crippen LogP contribution in [0.3, 0.4) is 0 Å². The van der Waals surface area contributed by atoms with Crippen molar-refractivity contribution in [1.82, 2.24) is 0 Å². The third-order valence-electron chi connectivity index (χ3n) is 3.68. The summed E-state index contributed by atoms with van der Waals surface area (Å²) in [5.74, 6) is 1.26. The molecule has 0 radical (unpaired) electrons. The lowest BCUT2D eigenvalue weighted by molar-refractivity contribution is 0.0943. The zero-order valence-electron chi connectivity index (χ0n) is 10.7. The van der Waals surface area contributed by atoms with E-state index < -0.39 is 0 Å². The molecule has 2 nitrogen and oxygen atoms in total. The maximum atomic E-state index is 12.7. The molecule has 2 aromatic carbocycles. The Balaban J connectivity index is 1.74. The summed E-state index contributed by atoms with van der Waals surface area (Å²) in [4.78, 5) is 13.9. The van der Waals surface area contributed by atoms with Gasteiger partial charge in [0.15, 0.2) is 5.76 Å². The highest BCUT2D eigenvalue weighted by Crippen LogP contribution is 2.41. The van der Waals surface area contributed by atoms with Crippen molar-refractivity contribution in [1.29, 1.82) is 0 Å². The van der Waals surface area contributed by atoms with Crippen molar-refractivity contribution >= 4 is 28.5 Å². The molecule has 0 aliphatic carbocycles. The fourth-order valence-electron chi connectivity index (χ4n) is 2.65. The number of thioether (sulfide) groups is 1. The van der Waals surface area contributed by atoms with E-state index in [1.807, 2.05) is 48.5 Å². The number of Topliss-reactive ketones (excluding diaryl/α,β-unsaturated/α-hetero) is 1. The second-order valence-electron chi connectivity index (χ2n) is 4.91. The second kappa shape index (κ2) is 4.53. The van der Waals surface area contributed by atoms with Crippen LogP contribution in [0, 0.1) is 0 Å². The second-order valence-corrected chi connectivity index (χ2v) is 5.98. The average Bonchev–Trinajstić information content (AvgIpc) is 3.10. The molecule has 0 fully saturated rings. The van der Waals surface area contributed by atoms with E-state index in [0.29, 0.717) is 5.76 Å². The molecule has 1 unspecified atom stereocenters. The first-order chi connectivity index (χ1) is 9.83. The molecular formula is C17H12O2S. The minimum Gasteiger partial charge on any atom is -0.453 e. The third kappa shape index (κ3) is 1.78. The SMILES string of the molecule is O=C(c1cc2ccccc2o1)C1CSc2ccccc21. The molecule has 0 saturated heterocycles. The zero-order chi connectivity index (χ0) is 13.5. The van der Waals surface area contributed by atoms with Gasteiger partial charge in [-0.15, -0.1) is 11.8 Å². The lowest BCUT2D eigenvalue weighted by atomic mass is 9.95. The molecule has 0 N–H and O–H groups in total. The maximum absolute atomic E-state index is 12.7. The van der Waals surface area contributed by atoms with Crippen LogP contribution in [0.15, 0.2) is 63.9 Å². The van der Waals surface area contributed by atoms with Crippen molar-refractivity contribution in [2.24, 2.45) is 0 Å². The van der Waals surface area contributed by atoms with Gasteiger partial charge in [-0.2, -0.15) is 0 Å². The molecule has 3 aromatic rings. The normalized spacial score (nSPS) is 17.3. The van der Waals surface area contributed by atoms with Crippen molar-refractivity contribution in [3.8, 4) is 0 Å². The van der Waals surface area contributed by atoms with Gasteiger partial charge in [-0.1, -0.05) is 36.4 Å². The lowest BCUT2D eigenvalue weighted by Gasteiger charge is -2.06. The van der Waals surface area contributed by atoms with Crippen LogP contribution in [-0.2, 0) is 0 Å². The average molecular weight is 280 g/mol. The van der Waals surface area contributed by atoms with Crippen LogP contribution in [-0.4, -0.2) is 11.5 Å². The molecule has 3 heteroatoms. The number of rotatable bonds is 2. The summed E-state index contributed by atoms with van der Waals surface area (Å²) in [6, 6.07) is 17.7. The van der Waals surface area contributed by atoms with Crippen LogP contribution < -0.4 is 0 Å². The van der Waals surface area contributed by atoms with Crippen molar-refractivity contribution in [2.45, 2.75) is 10.8 Å². The Bertz CT molecular complexity index is 770. The van der Waals surface area contributed by atoms with E-state index in [1.165, 1.54) is 4.90 Å². The van der Waals surface area contributed by atoms with Gasteiger partial charge >= 0.3 is 0 Å². The molecule has 2 heterocycles. The molecule has 1 atom stereocenters. The van der Waals surface area contributed by atoms with Crippen LogP contribution in [0.25, 0.3) is 11.0 Å². The minimum atomic E-state index is -0.0863. The highest BCUT2D eigenvalue weighted by atomic mass is 32.2. The van der Waals surface area contributed by atoms with E-state index in [0.717, 1.165) is 22.3 Å². The topological polar surface area (TPSA) is 30.2 Å². The first kappa shape index (κ1) is 11.8. The van der Waals surface area contributed by atoms with E-state index in [-0.39, 0.29) is 11.7 Å². The predicted octanol–water partition coefficient (Wildman–Crippen LogP) is 4.51. The van der Waals surface area contributed by atoms with Crippen LogP contribution in [0.1, 0.15) is 22.0 Å². The van der Waals surface area contributed by atoms with Gasteiger partial charge in [0.25, 0.3) is 0 Å². The number of para-hydroxylation sites is 1. The molecule has 1 aliphatic heterocycles. The summed E-state index contributed by atoms with van der Waals surface area (Å²) >= 11 is 1.74. The molecule has 0 saturated carbocycles. The molecule has 20 heavy (non-hydrogen) atoms. The lowest BCUT2D eigenvalue weighted by Crippen LogP contribution is -2.11. The number of benzene rings is 2. The molecular weight excluding hydrogens is 268 g/mol. The van der Waals surface area contributed by atoms with Crippen molar-refractivity contribution in [3.63, 3.8) is 0 Å². The fourth-order valence-corrected chi connectivity index (χ4v) is 3.88. The summed E-state index contributed by atoms with van der Waals surface area (Å²) in [5, 5.41) is 0.981. The van der Waals surface area contributed by atoms with Crippen molar-refractivity contribution in [3.05, 3.63) is 65.9 Å². The number of carbonyl (C=O) groups is 1. The Hall–Kier alpha value is -2.00. The minimum absolute atomic E-state index is 0.0821. The number of hydrogen-bond acceptors (Lipinski definition) is 3. The summed E-state index contributed by atoms with van der Waals surface area (Å²) in [6.45, 7) is 0. The van der Waals surface area contributed by atoms with Gasteiger partial charge in [-0.25, -0.2) is 0 Å². The van der Waals surface area contributed by atoms with Gasteiger partial charge in [0.2, 0.25) is 5.78 Å². The predicted molar refractivity (Wildman–Crippen MR) is 80.5 cm³/mol. The highest BCUT2D eigenvalue weighted by Gasteiger charge is 2.31. The summed E-state index contributed by atoms with van der Waals surface area (Å²) < 4.78 is 5.70. The Morgan fingerprint density at radius 1 is 1.10 bits per heavy atom. The smallest absolute Gasteiger partial charge is 0.206 e. The quantitative estimate of drug-likeness (QED) is 0.647. The number of carbonyl (C=O) groups excluding carboxylic acids is 1. The molecule has 1 aliphatic rings. The van der Waals surface area contributed by atoms with Gasteiger partial charge in [0.05, 0.1) is 5.92 Å². The maximum Gasteiger partial charge on any atom is 0.206 e. The van der Waals surface area contributed by atoms with E-state index in [9.17, 15) is 4.79 Å². The van der Waals surface area contributed by atoms with Gasteiger partial charge in [0.1, 0.15) is 5.58 Å². The van der Waals surface area contributed by atoms with Gasteiger partial charge < -0.3 is 4.42 Å². The molecule has 0 bridgehead atoms. The van der Waals surface area contributed by atoms with Crippen LogP contribution in [0.2, 0.25) is 0 Å². The summed E-state index contributed by atoms with van der Waals surface area (Å²) in [5.41, 5.74) is 1.90. The van der Waals surface area contributed by atoms with Crippen molar-refractivity contribution < 1.29 is 9.21 Å². The van der Waals surface area contributed by atoms with E-state index in [1.54, 1.807) is 11.8 Å². The Kier molecular flexibility index (Phi) is 2.67. The third-order valence-corrected chi connectivity index (χ3v) is 4.87. The molecule has 98 valence electrons. The first-order valence-electron chi connectivity index (χ1n) is 6.57. The number of fused-ring (bicyclic) bond motifs is 2. The van der Waals surface area contributed by atoms with E-state index >= 15 is 0 Å². The fraction of sp³-hybridized carbons (Fsp3) is 0.118. The number of furan rings is 1. The number of hydrogen-bond donors (Lipinski definition) is 0. The summed E-state index contributed by atoms with van der Waals surface area (Å²) in [6.07, 6.45) is 0. The van der Waals surface area contributed by atoms with E-state index in [4.69, 9.17) is 4.42 Å². The van der Waals surface area contributed by atoms with Crippen molar-refractivity contribution in [2.75, 3.05) is 5.75 Å². The first-order valence-corrected chi connectivity index (χ1v) is 7.56. The van der Waals surface area contributed by atoms with Gasteiger partial charge in [0, 0.05) is 16.0 Å².